The number of aromatic nitrogens is 1. The standard InChI is InChI=1S/C19H25NO2/c1-3-4-5-6-7-8-9-17(21)16-13-12-15-11-10-14(2)20-18(15)19(16)22/h10-13,22H,3-9H2,1-2H3. The van der Waals surface area contributed by atoms with Gasteiger partial charge < -0.3 is 5.11 Å². The monoisotopic (exact) mass is 299 g/mol. The van der Waals surface area contributed by atoms with E-state index < -0.39 is 0 Å². The molecule has 0 fully saturated rings. The summed E-state index contributed by atoms with van der Waals surface area (Å²) in [5.74, 6) is 0.0374. The second kappa shape index (κ2) is 7.92. The topological polar surface area (TPSA) is 50.2 Å². The van der Waals surface area contributed by atoms with Gasteiger partial charge in [0.25, 0.3) is 0 Å². The molecule has 0 saturated heterocycles. The first kappa shape index (κ1) is 16.5. The number of phenols is 1. The third kappa shape index (κ3) is 4.06. The molecule has 0 spiro atoms. The number of aromatic hydroxyl groups is 1. The van der Waals surface area contributed by atoms with Gasteiger partial charge in [-0.25, -0.2) is 4.98 Å². The highest BCUT2D eigenvalue weighted by atomic mass is 16.3. The third-order valence-electron chi connectivity index (χ3n) is 4.03. The van der Waals surface area contributed by atoms with Crippen LogP contribution in [0, 0.1) is 6.92 Å². The highest BCUT2D eigenvalue weighted by molar-refractivity contribution is 6.03. The number of rotatable bonds is 8. The predicted molar refractivity (Wildman–Crippen MR) is 90.5 cm³/mol. The van der Waals surface area contributed by atoms with E-state index in [4.69, 9.17) is 0 Å². The molecule has 0 aliphatic rings. The zero-order valence-electron chi connectivity index (χ0n) is 13.6. The fraction of sp³-hybridized carbons (Fsp3) is 0.474. The summed E-state index contributed by atoms with van der Waals surface area (Å²) >= 11 is 0. The fourth-order valence-electron chi connectivity index (χ4n) is 2.70. The number of Topliss-reactive ketones (excluding diaryl/α,β-unsaturated/α-hetero) is 1. The number of carbonyl (C=O) groups excluding carboxylic acids is 1. The van der Waals surface area contributed by atoms with Crippen molar-refractivity contribution in [3.8, 4) is 5.75 Å². The SMILES string of the molecule is CCCCCCCCC(=O)c1ccc2ccc(C)nc2c1O. The number of ketones is 1. The number of aryl methyl sites for hydroxylation is 1. The summed E-state index contributed by atoms with van der Waals surface area (Å²) < 4.78 is 0. The van der Waals surface area contributed by atoms with Crippen molar-refractivity contribution in [1.82, 2.24) is 4.98 Å². The first-order valence-electron chi connectivity index (χ1n) is 8.26. The molecule has 0 unspecified atom stereocenters. The van der Waals surface area contributed by atoms with Crippen LogP contribution in [0.25, 0.3) is 10.9 Å². The number of fused-ring (bicyclic) bond motifs is 1. The van der Waals surface area contributed by atoms with Crippen molar-refractivity contribution in [3.63, 3.8) is 0 Å². The summed E-state index contributed by atoms with van der Waals surface area (Å²) in [5.41, 5.74) is 1.76. The minimum absolute atomic E-state index is 0.0122. The van der Waals surface area contributed by atoms with Crippen molar-refractivity contribution < 1.29 is 9.90 Å². The minimum Gasteiger partial charge on any atom is -0.505 e. The molecule has 118 valence electrons. The first-order valence-corrected chi connectivity index (χ1v) is 8.26. The van der Waals surface area contributed by atoms with E-state index in [9.17, 15) is 9.90 Å². The Bertz CT molecular complexity index is 649. The van der Waals surface area contributed by atoms with Crippen LogP contribution >= 0.6 is 0 Å². The normalized spacial score (nSPS) is 11.0. The molecule has 0 aliphatic heterocycles. The molecule has 1 aromatic carbocycles. The van der Waals surface area contributed by atoms with E-state index >= 15 is 0 Å². The lowest BCUT2D eigenvalue weighted by Gasteiger charge is -2.07. The molecule has 0 amide bonds. The molecule has 1 N–H and O–H groups in total. The highest BCUT2D eigenvalue weighted by Gasteiger charge is 2.14. The molecule has 0 bridgehead atoms. The van der Waals surface area contributed by atoms with Crippen molar-refractivity contribution in [3.05, 3.63) is 35.5 Å². The highest BCUT2D eigenvalue weighted by Crippen LogP contribution is 2.28. The average Bonchev–Trinajstić information content (AvgIpc) is 2.51. The lowest BCUT2D eigenvalue weighted by Crippen LogP contribution is -2.00. The fourth-order valence-corrected chi connectivity index (χ4v) is 2.70. The van der Waals surface area contributed by atoms with Crippen LogP contribution in [0.4, 0.5) is 0 Å². The van der Waals surface area contributed by atoms with Crippen LogP contribution in [-0.4, -0.2) is 15.9 Å². The Balaban J connectivity index is 2.01. The van der Waals surface area contributed by atoms with Gasteiger partial charge in [0.15, 0.2) is 11.5 Å². The maximum absolute atomic E-state index is 12.3. The van der Waals surface area contributed by atoms with Gasteiger partial charge in [0.1, 0.15) is 5.52 Å². The van der Waals surface area contributed by atoms with Crippen LogP contribution in [0.2, 0.25) is 0 Å². The largest absolute Gasteiger partial charge is 0.505 e. The van der Waals surface area contributed by atoms with Gasteiger partial charge in [-0.05, 0) is 25.5 Å². The summed E-state index contributed by atoms with van der Waals surface area (Å²) in [6.45, 7) is 4.07. The first-order chi connectivity index (χ1) is 10.6. The van der Waals surface area contributed by atoms with Gasteiger partial charge in [-0.1, -0.05) is 51.2 Å². The van der Waals surface area contributed by atoms with Crippen LogP contribution in [0.15, 0.2) is 24.3 Å². The molecular weight excluding hydrogens is 274 g/mol. The number of hydrogen-bond donors (Lipinski definition) is 1. The van der Waals surface area contributed by atoms with E-state index in [2.05, 4.69) is 11.9 Å². The van der Waals surface area contributed by atoms with Crippen molar-refractivity contribution in [2.24, 2.45) is 0 Å². The Hall–Kier alpha value is -1.90. The zero-order valence-corrected chi connectivity index (χ0v) is 13.6. The third-order valence-corrected chi connectivity index (χ3v) is 4.03. The number of benzene rings is 1. The van der Waals surface area contributed by atoms with E-state index in [1.807, 2.05) is 25.1 Å². The Morgan fingerprint density at radius 2 is 1.73 bits per heavy atom. The number of phenolic OH excluding ortho intramolecular Hbond substituents is 1. The van der Waals surface area contributed by atoms with Crippen LogP contribution in [0.1, 0.15) is 67.9 Å². The van der Waals surface area contributed by atoms with Crippen LogP contribution in [-0.2, 0) is 0 Å². The van der Waals surface area contributed by atoms with E-state index in [0.29, 0.717) is 17.5 Å². The zero-order chi connectivity index (χ0) is 15.9. The van der Waals surface area contributed by atoms with Crippen LogP contribution < -0.4 is 0 Å². The van der Waals surface area contributed by atoms with Gasteiger partial charge in [0, 0.05) is 17.5 Å². The Kier molecular flexibility index (Phi) is 5.93. The van der Waals surface area contributed by atoms with E-state index in [0.717, 1.165) is 23.9 Å². The second-order valence-corrected chi connectivity index (χ2v) is 5.93. The molecule has 22 heavy (non-hydrogen) atoms. The summed E-state index contributed by atoms with van der Waals surface area (Å²) in [6, 6.07) is 7.39. The molecule has 3 heteroatoms. The summed E-state index contributed by atoms with van der Waals surface area (Å²) in [4.78, 5) is 16.6. The second-order valence-electron chi connectivity index (χ2n) is 5.93. The van der Waals surface area contributed by atoms with E-state index in [1.165, 1.54) is 25.7 Å². The average molecular weight is 299 g/mol. The molecular formula is C19H25NO2. The molecule has 2 aromatic rings. The van der Waals surface area contributed by atoms with Crippen molar-refractivity contribution in [2.45, 2.75) is 58.8 Å². The molecule has 3 nitrogen and oxygen atoms in total. The van der Waals surface area contributed by atoms with Gasteiger partial charge in [-0.2, -0.15) is 0 Å². The summed E-state index contributed by atoms with van der Waals surface area (Å²) in [7, 11) is 0. The molecule has 0 atom stereocenters. The minimum atomic E-state index is 0.0122. The molecule has 0 aliphatic carbocycles. The number of hydrogen-bond acceptors (Lipinski definition) is 3. The van der Waals surface area contributed by atoms with Gasteiger partial charge in [-0.15, -0.1) is 0 Å². The number of carbonyl (C=O) groups is 1. The van der Waals surface area contributed by atoms with E-state index in [-0.39, 0.29) is 11.5 Å². The van der Waals surface area contributed by atoms with E-state index in [1.54, 1.807) is 6.07 Å². The molecule has 1 aromatic heterocycles. The van der Waals surface area contributed by atoms with Gasteiger partial charge in [-0.3, -0.25) is 4.79 Å². The van der Waals surface area contributed by atoms with Gasteiger partial charge >= 0.3 is 0 Å². The summed E-state index contributed by atoms with van der Waals surface area (Å²) in [6.07, 6.45) is 7.40. The van der Waals surface area contributed by atoms with Crippen molar-refractivity contribution in [1.29, 1.82) is 0 Å². The van der Waals surface area contributed by atoms with Crippen molar-refractivity contribution in [2.75, 3.05) is 0 Å². The quantitative estimate of drug-likeness (QED) is 0.539. The Labute approximate surface area is 132 Å². The smallest absolute Gasteiger partial charge is 0.166 e. The van der Waals surface area contributed by atoms with Gasteiger partial charge in [0.2, 0.25) is 0 Å². The maximum Gasteiger partial charge on any atom is 0.166 e. The molecule has 2 rings (SSSR count). The lowest BCUT2D eigenvalue weighted by atomic mass is 10.0. The lowest BCUT2D eigenvalue weighted by molar-refractivity contribution is 0.0976. The molecule has 0 radical (unpaired) electrons. The molecule has 1 heterocycles. The van der Waals surface area contributed by atoms with Crippen molar-refractivity contribution >= 4 is 16.7 Å². The van der Waals surface area contributed by atoms with Crippen LogP contribution in [0.5, 0.6) is 5.75 Å². The number of nitrogens with zero attached hydrogens (tertiary/aromatic N) is 1. The Morgan fingerprint density at radius 3 is 2.50 bits per heavy atom. The summed E-state index contributed by atoms with van der Waals surface area (Å²) in [5, 5.41) is 11.2. The molecule has 0 saturated carbocycles. The number of unbranched alkanes of at least 4 members (excludes halogenated alkanes) is 5. The maximum atomic E-state index is 12.3. The van der Waals surface area contributed by atoms with Crippen LogP contribution in [0.3, 0.4) is 0 Å². The number of pyridine rings is 1. The predicted octanol–water partition coefficient (Wildman–Crippen LogP) is 5.18. The van der Waals surface area contributed by atoms with Gasteiger partial charge in [0.05, 0.1) is 5.56 Å². The Morgan fingerprint density at radius 1 is 1.05 bits per heavy atom.